The molecule has 2 rings (SSSR count). The molecule has 1 saturated heterocycles. The van der Waals surface area contributed by atoms with Gasteiger partial charge in [-0.25, -0.2) is 13.7 Å². The number of hydrogen-bond acceptors (Lipinski definition) is 2. The lowest BCUT2D eigenvalue weighted by Gasteiger charge is -2.18. The van der Waals surface area contributed by atoms with Crippen LogP contribution in [0.2, 0.25) is 0 Å². The molecule has 1 aliphatic heterocycles. The van der Waals surface area contributed by atoms with Gasteiger partial charge in [-0.15, -0.1) is 0 Å². The van der Waals surface area contributed by atoms with Crippen LogP contribution in [0.1, 0.15) is 20.3 Å². The van der Waals surface area contributed by atoms with E-state index in [1.54, 1.807) is 13.8 Å². The zero-order chi connectivity index (χ0) is 12.8. The highest BCUT2D eigenvalue weighted by atomic mass is 19.1. The molecule has 3 nitrogen and oxygen atoms in total. The third-order valence-electron chi connectivity index (χ3n) is 2.78. The van der Waals surface area contributed by atoms with Crippen molar-refractivity contribution < 1.29 is 18.4 Å². The van der Waals surface area contributed by atoms with Crippen LogP contribution >= 0.6 is 0 Å². The first-order chi connectivity index (χ1) is 7.83. The van der Waals surface area contributed by atoms with Crippen molar-refractivity contribution in [2.45, 2.75) is 20.3 Å². The first-order valence-corrected chi connectivity index (χ1v) is 5.15. The third kappa shape index (κ3) is 1.81. The summed E-state index contributed by atoms with van der Waals surface area (Å²) in [5.74, 6) is -2.59. The number of carbonyl (C=O) groups excluding carboxylic acids is 2. The van der Waals surface area contributed by atoms with Gasteiger partial charge < -0.3 is 0 Å². The number of nitrogens with zero attached hydrogens (tertiary/aromatic N) is 1. The van der Waals surface area contributed by atoms with Crippen LogP contribution in [0.5, 0.6) is 0 Å². The highest BCUT2D eigenvalue weighted by Gasteiger charge is 2.46. The van der Waals surface area contributed by atoms with E-state index >= 15 is 0 Å². The summed E-state index contributed by atoms with van der Waals surface area (Å²) in [4.78, 5) is 24.4. The van der Waals surface area contributed by atoms with Gasteiger partial charge in [-0.3, -0.25) is 9.59 Å². The Morgan fingerprint density at radius 1 is 1.24 bits per heavy atom. The number of anilines is 1. The van der Waals surface area contributed by atoms with E-state index in [1.165, 1.54) is 0 Å². The topological polar surface area (TPSA) is 37.4 Å². The summed E-state index contributed by atoms with van der Waals surface area (Å²) in [6, 6.07) is 2.77. The van der Waals surface area contributed by atoms with Crippen molar-refractivity contribution in [1.29, 1.82) is 0 Å². The van der Waals surface area contributed by atoms with E-state index in [0.717, 1.165) is 17.0 Å². The predicted octanol–water partition coefficient (Wildman–Crippen LogP) is 2.25. The fourth-order valence-electron chi connectivity index (χ4n) is 1.86. The maximum atomic E-state index is 13.5. The predicted molar refractivity (Wildman–Crippen MR) is 57.2 cm³/mol. The highest BCUT2D eigenvalue weighted by molar-refractivity contribution is 6.22. The van der Waals surface area contributed by atoms with E-state index in [-0.39, 0.29) is 12.1 Å². The Morgan fingerprint density at radius 2 is 1.88 bits per heavy atom. The fourth-order valence-corrected chi connectivity index (χ4v) is 1.86. The molecular formula is C12H11F2NO2. The number of carbonyl (C=O) groups is 2. The smallest absolute Gasteiger partial charge is 0.240 e. The summed E-state index contributed by atoms with van der Waals surface area (Å²) in [6.07, 6.45) is 0.0304. The maximum absolute atomic E-state index is 13.5. The van der Waals surface area contributed by atoms with Gasteiger partial charge in [0.05, 0.1) is 11.1 Å². The quantitative estimate of drug-likeness (QED) is 0.705. The van der Waals surface area contributed by atoms with Gasteiger partial charge in [0.15, 0.2) is 0 Å². The van der Waals surface area contributed by atoms with Crippen LogP contribution in [0.4, 0.5) is 14.5 Å². The highest BCUT2D eigenvalue weighted by Crippen LogP contribution is 2.36. The van der Waals surface area contributed by atoms with Crippen LogP contribution in [0.3, 0.4) is 0 Å². The molecule has 0 spiro atoms. The van der Waals surface area contributed by atoms with Crippen LogP contribution in [-0.2, 0) is 9.59 Å². The van der Waals surface area contributed by atoms with Crippen molar-refractivity contribution in [3.63, 3.8) is 0 Å². The standard InChI is InChI=1S/C12H11F2NO2/c1-12(2)6-10(16)15(11(12)17)9-4-3-7(13)5-8(9)14/h3-5H,6H2,1-2H3. The number of hydrogen-bond donors (Lipinski definition) is 0. The average molecular weight is 239 g/mol. The van der Waals surface area contributed by atoms with E-state index < -0.39 is 28.9 Å². The molecule has 0 aromatic heterocycles. The number of benzene rings is 1. The Hall–Kier alpha value is -1.78. The SMILES string of the molecule is CC1(C)CC(=O)N(c2ccc(F)cc2F)C1=O. The first kappa shape index (κ1) is 11.7. The Kier molecular flexibility index (Phi) is 2.49. The van der Waals surface area contributed by atoms with Crippen molar-refractivity contribution in [2.75, 3.05) is 4.90 Å². The van der Waals surface area contributed by atoms with E-state index in [2.05, 4.69) is 0 Å². The lowest BCUT2D eigenvalue weighted by Crippen LogP contribution is -2.33. The normalized spacial score (nSPS) is 18.9. The minimum Gasteiger partial charge on any atom is -0.274 e. The molecule has 1 heterocycles. The zero-order valence-electron chi connectivity index (χ0n) is 9.46. The third-order valence-corrected chi connectivity index (χ3v) is 2.78. The van der Waals surface area contributed by atoms with Crippen LogP contribution < -0.4 is 4.90 Å². The second-order valence-corrected chi connectivity index (χ2v) is 4.69. The molecule has 5 heteroatoms. The number of halogens is 2. The van der Waals surface area contributed by atoms with E-state index in [1.807, 2.05) is 0 Å². The molecule has 0 bridgehead atoms. The molecule has 1 fully saturated rings. The molecule has 0 aliphatic carbocycles. The van der Waals surface area contributed by atoms with Crippen molar-refractivity contribution in [3.8, 4) is 0 Å². The molecule has 1 aromatic rings. The van der Waals surface area contributed by atoms with Crippen molar-refractivity contribution in [2.24, 2.45) is 5.41 Å². The van der Waals surface area contributed by atoms with E-state index in [0.29, 0.717) is 6.07 Å². The monoisotopic (exact) mass is 239 g/mol. The van der Waals surface area contributed by atoms with Crippen LogP contribution in [-0.4, -0.2) is 11.8 Å². The van der Waals surface area contributed by atoms with Crippen LogP contribution in [0.25, 0.3) is 0 Å². The molecule has 2 amide bonds. The maximum Gasteiger partial charge on any atom is 0.240 e. The Balaban J connectivity index is 2.48. The van der Waals surface area contributed by atoms with Gasteiger partial charge >= 0.3 is 0 Å². The Bertz CT molecular complexity index is 511. The Morgan fingerprint density at radius 3 is 2.35 bits per heavy atom. The minimum atomic E-state index is -0.913. The van der Waals surface area contributed by atoms with Crippen LogP contribution in [0.15, 0.2) is 18.2 Å². The molecule has 1 aromatic carbocycles. The average Bonchev–Trinajstić information content (AvgIpc) is 2.39. The lowest BCUT2D eigenvalue weighted by atomic mass is 9.92. The van der Waals surface area contributed by atoms with E-state index in [9.17, 15) is 18.4 Å². The fraction of sp³-hybridized carbons (Fsp3) is 0.333. The molecule has 0 N–H and O–H groups in total. The van der Waals surface area contributed by atoms with Crippen molar-refractivity contribution in [1.82, 2.24) is 0 Å². The van der Waals surface area contributed by atoms with Gasteiger partial charge in [-0.2, -0.15) is 0 Å². The van der Waals surface area contributed by atoms with Gasteiger partial charge in [-0.1, -0.05) is 13.8 Å². The molecule has 1 aliphatic rings. The molecule has 17 heavy (non-hydrogen) atoms. The number of amides is 2. The van der Waals surface area contributed by atoms with Gasteiger partial charge in [0.2, 0.25) is 11.8 Å². The summed E-state index contributed by atoms with van der Waals surface area (Å²) in [7, 11) is 0. The van der Waals surface area contributed by atoms with Crippen LogP contribution in [0, 0.1) is 17.0 Å². The zero-order valence-corrected chi connectivity index (χ0v) is 9.46. The second-order valence-electron chi connectivity index (χ2n) is 4.69. The number of rotatable bonds is 1. The molecule has 0 unspecified atom stereocenters. The molecular weight excluding hydrogens is 228 g/mol. The van der Waals surface area contributed by atoms with Crippen molar-refractivity contribution in [3.05, 3.63) is 29.8 Å². The summed E-state index contributed by atoms with van der Waals surface area (Å²) < 4.78 is 26.3. The summed E-state index contributed by atoms with van der Waals surface area (Å²) >= 11 is 0. The van der Waals surface area contributed by atoms with Crippen molar-refractivity contribution >= 4 is 17.5 Å². The van der Waals surface area contributed by atoms with Gasteiger partial charge in [0, 0.05) is 12.5 Å². The summed E-state index contributed by atoms with van der Waals surface area (Å²) in [5, 5.41) is 0. The summed E-state index contributed by atoms with van der Waals surface area (Å²) in [5.41, 5.74) is -1.02. The van der Waals surface area contributed by atoms with E-state index in [4.69, 9.17) is 0 Å². The minimum absolute atomic E-state index is 0.0304. The second kappa shape index (κ2) is 3.61. The molecule has 0 radical (unpaired) electrons. The Labute approximate surface area is 97.0 Å². The first-order valence-electron chi connectivity index (χ1n) is 5.15. The summed E-state index contributed by atoms with van der Waals surface area (Å²) in [6.45, 7) is 3.24. The largest absolute Gasteiger partial charge is 0.274 e. The van der Waals surface area contributed by atoms with Gasteiger partial charge in [0.1, 0.15) is 11.6 Å². The molecule has 0 saturated carbocycles. The molecule has 90 valence electrons. The molecule has 0 atom stereocenters. The lowest BCUT2D eigenvalue weighted by molar-refractivity contribution is -0.124. The number of imide groups is 1. The van der Waals surface area contributed by atoms with Gasteiger partial charge in [0.25, 0.3) is 0 Å². The van der Waals surface area contributed by atoms with Gasteiger partial charge in [-0.05, 0) is 12.1 Å².